The van der Waals surface area contributed by atoms with Crippen LogP contribution in [0.5, 0.6) is 0 Å². The van der Waals surface area contributed by atoms with Crippen molar-refractivity contribution in [3.8, 4) is 0 Å². The molecule has 1 rings (SSSR count). The summed E-state index contributed by atoms with van der Waals surface area (Å²) in [5.74, 6) is -0.636. The molecule has 1 aliphatic rings. The van der Waals surface area contributed by atoms with Crippen molar-refractivity contribution < 1.29 is 19.1 Å². The van der Waals surface area contributed by atoms with Crippen LogP contribution < -0.4 is 0 Å². The second kappa shape index (κ2) is 8.89. The Balaban J connectivity index is 2.92. The zero-order valence-corrected chi connectivity index (χ0v) is 15.0. The lowest BCUT2D eigenvalue weighted by Gasteiger charge is -2.41. The zero-order valence-electron chi connectivity index (χ0n) is 15.0. The van der Waals surface area contributed by atoms with Gasteiger partial charge >= 0.3 is 5.97 Å². The molecule has 0 aliphatic carbocycles. The number of piperazine rings is 1. The van der Waals surface area contributed by atoms with E-state index in [1.54, 1.807) is 16.7 Å². The van der Waals surface area contributed by atoms with Gasteiger partial charge in [0.05, 0.1) is 13.2 Å². The smallest absolute Gasteiger partial charge is 0.330 e. The minimum atomic E-state index is -0.696. The summed E-state index contributed by atoms with van der Waals surface area (Å²) >= 11 is 0. The molecule has 2 amide bonds. The molecular weight excluding hydrogens is 296 g/mol. The van der Waals surface area contributed by atoms with Crippen molar-refractivity contribution >= 4 is 17.8 Å². The third-order valence-corrected chi connectivity index (χ3v) is 4.60. The molecule has 0 aromatic rings. The summed E-state index contributed by atoms with van der Waals surface area (Å²) in [7, 11) is 0. The molecule has 1 saturated heterocycles. The Morgan fingerprint density at radius 2 is 1.57 bits per heavy atom. The fourth-order valence-corrected chi connectivity index (χ4v) is 2.63. The monoisotopic (exact) mass is 326 g/mol. The number of hydrogen-bond acceptors (Lipinski definition) is 4. The van der Waals surface area contributed by atoms with Crippen LogP contribution in [0.4, 0.5) is 0 Å². The summed E-state index contributed by atoms with van der Waals surface area (Å²) in [5.41, 5.74) is 0. The summed E-state index contributed by atoms with van der Waals surface area (Å²) in [4.78, 5) is 40.5. The van der Waals surface area contributed by atoms with Gasteiger partial charge in [-0.05, 0) is 19.8 Å². The van der Waals surface area contributed by atoms with Crippen LogP contribution in [0.1, 0.15) is 47.5 Å². The third-order valence-electron chi connectivity index (χ3n) is 4.60. The topological polar surface area (TPSA) is 66.9 Å². The second-order valence-electron chi connectivity index (χ2n) is 6.20. The van der Waals surface area contributed by atoms with E-state index in [-0.39, 0.29) is 36.8 Å². The van der Waals surface area contributed by atoms with Gasteiger partial charge in [0.1, 0.15) is 6.04 Å². The average molecular weight is 326 g/mol. The molecule has 3 atom stereocenters. The SMILES string of the molecule is CCOC(=O)[C@@H]1CN(C(=O)[C@H](C)CC)CCN1C(=O)[C@@H](C)CC. The molecule has 0 radical (unpaired) electrons. The van der Waals surface area contributed by atoms with Crippen LogP contribution in [0.25, 0.3) is 0 Å². The predicted octanol–water partition coefficient (Wildman–Crippen LogP) is 1.68. The third kappa shape index (κ3) is 4.69. The Kier molecular flexibility index (Phi) is 7.52. The Bertz CT molecular complexity index is 438. The first kappa shape index (κ1) is 19.5. The van der Waals surface area contributed by atoms with Gasteiger partial charge in [-0.25, -0.2) is 4.79 Å². The first-order valence-corrected chi connectivity index (χ1v) is 8.63. The van der Waals surface area contributed by atoms with Crippen molar-refractivity contribution in [1.82, 2.24) is 9.80 Å². The van der Waals surface area contributed by atoms with E-state index < -0.39 is 12.0 Å². The van der Waals surface area contributed by atoms with Gasteiger partial charge < -0.3 is 14.5 Å². The van der Waals surface area contributed by atoms with Crippen molar-refractivity contribution in [2.24, 2.45) is 11.8 Å². The molecule has 1 heterocycles. The second-order valence-corrected chi connectivity index (χ2v) is 6.20. The molecular formula is C17H30N2O4. The van der Waals surface area contributed by atoms with E-state index in [1.165, 1.54) is 0 Å². The van der Waals surface area contributed by atoms with Crippen LogP contribution >= 0.6 is 0 Å². The average Bonchev–Trinajstić information content (AvgIpc) is 2.58. The highest BCUT2D eigenvalue weighted by atomic mass is 16.5. The van der Waals surface area contributed by atoms with Gasteiger partial charge in [0, 0.05) is 24.9 Å². The van der Waals surface area contributed by atoms with Gasteiger partial charge in [-0.3, -0.25) is 9.59 Å². The van der Waals surface area contributed by atoms with Gasteiger partial charge in [-0.1, -0.05) is 27.7 Å². The van der Waals surface area contributed by atoms with E-state index in [0.29, 0.717) is 13.1 Å². The molecule has 0 N–H and O–H groups in total. The number of carbonyl (C=O) groups excluding carboxylic acids is 3. The Morgan fingerprint density at radius 3 is 2.09 bits per heavy atom. The number of ether oxygens (including phenoxy) is 1. The van der Waals surface area contributed by atoms with E-state index >= 15 is 0 Å². The number of hydrogen-bond donors (Lipinski definition) is 0. The van der Waals surface area contributed by atoms with Gasteiger partial charge in [0.15, 0.2) is 0 Å². The summed E-state index contributed by atoms with van der Waals surface area (Å²) in [5, 5.41) is 0. The number of esters is 1. The van der Waals surface area contributed by atoms with E-state index in [2.05, 4.69) is 0 Å². The lowest BCUT2D eigenvalue weighted by Crippen LogP contribution is -2.61. The lowest BCUT2D eigenvalue weighted by molar-refractivity contribution is -0.162. The lowest BCUT2D eigenvalue weighted by atomic mass is 10.0. The van der Waals surface area contributed by atoms with Crippen molar-refractivity contribution in [1.29, 1.82) is 0 Å². The molecule has 23 heavy (non-hydrogen) atoms. The molecule has 0 unspecified atom stereocenters. The van der Waals surface area contributed by atoms with E-state index in [1.807, 2.05) is 27.7 Å². The van der Waals surface area contributed by atoms with Gasteiger partial charge in [-0.2, -0.15) is 0 Å². The van der Waals surface area contributed by atoms with Gasteiger partial charge in [0.25, 0.3) is 0 Å². The minimum Gasteiger partial charge on any atom is -0.464 e. The summed E-state index contributed by atoms with van der Waals surface area (Å²) in [6.07, 6.45) is 1.48. The maximum atomic E-state index is 12.5. The molecule has 132 valence electrons. The van der Waals surface area contributed by atoms with Gasteiger partial charge in [-0.15, -0.1) is 0 Å². The molecule has 0 spiro atoms. The highest BCUT2D eigenvalue weighted by Crippen LogP contribution is 2.19. The fraction of sp³-hybridized carbons (Fsp3) is 0.824. The van der Waals surface area contributed by atoms with Crippen LogP contribution in [0, 0.1) is 11.8 Å². The molecule has 0 aromatic carbocycles. The molecule has 0 aromatic heterocycles. The van der Waals surface area contributed by atoms with Crippen LogP contribution in [0.15, 0.2) is 0 Å². The number of amides is 2. The van der Waals surface area contributed by atoms with Crippen molar-refractivity contribution in [2.45, 2.75) is 53.5 Å². The van der Waals surface area contributed by atoms with E-state index in [4.69, 9.17) is 4.74 Å². The number of carbonyl (C=O) groups is 3. The van der Waals surface area contributed by atoms with E-state index in [9.17, 15) is 14.4 Å². The maximum Gasteiger partial charge on any atom is 0.330 e. The molecule has 1 fully saturated rings. The molecule has 0 saturated carbocycles. The highest BCUT2D eigenvalue weighted by molar-refractivity contribution is 5.87. The van der Waals surface area contributed by atoms with Crippen molar-refractivity contribution in [3.63, 3.8) is 0 Å². The van der Waals surface area contributed by atoms with Crippen LogP contribution in [0.2, 0.25) is 0 Å². The number of nitrogens with zero attached hydrogens (tertiary/aromatic N) is 2. The summed E-state index contributed by atoms with van der Waals surface area (Å²) < 4.78 is 5.12. The van der Waals surface area contributed by atoms with Crippen molar-refractivity contribution in [2.75, 3.05) is 26.2 Å². The van der Waals surface area contributed by atoms with Crippen LogP contribution in [-0.2, 0) is 19.1 Å². The van der Waals surface area contributed by atoms with E-state index in [0.717, 1.165) is 12.8 Å². The first-order chi connectivity index (χ1) is 10.9. The van der Waals surface area contributed by atoms with Gasteiger partial charge in [0.2, 0.25) is 11.8 Å². The Morgan fingerprint density at radius 1 is 1.00 bits per heavy atom. The first-order valence-electron chi connectivity index (χ1n) is 8.63. The largest absolute Gasteiger partial charge is 0.464 e. The minimum absolute atomic E-state index is 0.0393. The Hall–Kier alpha value is -1.59. The summed E-state index contributed by atoms with van der Waals surface area (Å²) in [6, 6.07) is -0.696. The molecule has 1 aliphatic heterocycles. The molecule has 6 heteroatoms. The number of rotatable bonds is 6. The predicted molar refractivity (Wildman–Crippen MR) is 87.6 cm³/mol. The normalized spacial score (nSPS) is 20.8. The molecule has 6 nitrogen and oxygen atoms in total. The van der Waals surface area contributed by atoms with Crippen LogP contribution in [0.3, 0.4) is 0 Å². The Labute approximate surface area is 139 Å². The maximum absolute atomic E-state index is 12.5. The highest BCUT2D eigenvalue weighted by Gasteiger charge is 2.39. The molecule has 0 bridgehead atoms. The fourth-order valence-electron chi connectivity index (χ4n) is 2.63. The van der Waals surface area contributed by atoms with Crippen molar-refractivity contribution in [3.05, 3.63) is 0 Å². The summed E-state index contributed by atoms with van der Waals surface area (Å²) in [6.45, 7) is 10.8. The van der Waals surface area contributed by atoms with Crippen LogP contribution in [-0.4, -0.2) is 59.9 Å². The quantitative estimate of drug-likeness (QED) is 0.697. The standard InChI is InChI=1S/C17H30N2O4/c1-6-12(4)15(20)18-9-10-19(16(21)13(5)7-2)14(11-18)17(22)23-8-3/h12-14H,6-11H2,1-5H3/t12-,13+,14+/m1/s1. The zero-order chi connectivity index (χ0) is 17.6.